The van der Waals surface area contributed by atoms with Gasteiger partial charge in [0.15, 0.2) is 17.5 Å². The summed E-state index contributed by atoms with van der Waals surface area (Å²) < 4.78 is 90.9. The van der Waals surface area contributed by atoms with Crippen LogP contribution in [-0.2, 0) is 5.41 Å². The lowest BCUT2D eigenvalue weighted by Crippen LogP contribution is -2.14. The number of hydrogen-bond acceptors (Lipinski definition) is 4. The molecule has 9 aromatic rings. The third-order valence-electron chi connectivity index (χ3n) is 9.92. The van der Waals surface area contributed by atoms with Gasteiger partial charge in [0.05, 0.1) is 13.7 Å². The lowest BCUT2D eigenvalue weighted by Gasteiger charge is -2.21. The van der Waals surface area contributed by atoms with Crippen LogP contribution < -0.4 is 0 Å². The van der Waals surface area contributed by atoms with Crippen molar-refractivity contribution < 1.29 is 18.1 Å². The molecule has 0 saturated heterocycles. The molecule has 2 heterocycles. The van der Waals surface area contributed by atoms with Gasteiger partial charge >= 0.3 is 0 Å². The second kappa shape index (κ2) is 11.7. The fourth-order valence-corrected chi connectivity index (χ4v) is 7.40. The zero-order valence-electron chi connectivity index (χ0n) is 38.1. The second-order valence-corrected chi connectivity index (χ2v) is 13.3. The second-order valence-electron chi connectivity index (χ2n) is 13.3. The maximum absolute atomic E-state index is 8.79. The molecule has 1 aliphatic rings. The van der Waals surface area contributed by atoms with E-state index in [4.69, 9.17) is 33.1 Å². The average Bonchev–Trinajstić information content (AvgIpc) is 3.77. The lowest BCUT2D eigenvalue weighted by atomic mass is 9.82. The van der Waals surface area contributed by atoms with Gasteiger partial charge in [0, 0.05) is 32.9 Å². The highest BCUT2D eigenvalue weighted by atomic mass is 16.3. The number of nitrogens with zero attached hydrogens (tertiary/aromatic N) is 3. The molecule has 0 saturated carbocycles. The number of rotatable bonds is 5. The standard InChI is InChI=1S/C48H33N3O/c1-48(2)40-21-10-9-19-37(40)39-28-33(24-26-41(39)48)32-17-11-18-34(27-32)46-49-45(31-15-7-4-8-16-31)50-47(51-46)35-23-25-38-43(29-35)52-42-22-12-20-36(44(38)42)30-13-5-3-6-14-30/h3-29H,1-2H3/i3D,4D,5D,6D,7D,8D,13D,14D,15D,16D. The number of benzene rings is 7. The Balaban J connectivity index is 1.14. The summed E-state index contributed by atoms with van der Waals surface area (Å²) >= 11 is 0. The van der Waals surface area contributed by atoms with Crippen LogP contribution >= 0.6 is 0 Å². The molecule has 0 aliphatic heterocycles. The average molecular weight is 678 g/mol. The van der Waals surface area contributed by atoms with Gasteiger partial charge < -0.3 is 4.42 Å². The molecule has 0 N–H and O–H groups in total. The van der Waals surface area contributed by atoms with Crippen LogP contribution in [0.15, 0.2) is 168 Å². The zero-order chi connectivity index (χ0) is 43.5. The molecule has 0 atom stereocenters. The van der Waals surface area contributed by atoms with Crippen LogP contribution in [0.25, 0.3) is 89.5 Å². The summed E-state index contributed by atoms with van der Waals surface area (Å²) in [4.78, 5) is 14.4. The molecule has 0 unspecified atom stereocenters. The Morgan fingerprint density at radius 2 is 1.06 bits per heavy atom. The molecule has 1 aliphatic carbocycles. The van der Waals surface area contributed by atoms with Crippen molar-refractivity contribution in [2.75, 3.05) is 0 Å². The maximum Gasteiger partial charge on any atom is 0.164 e. The SMILES string of the molecule is [2H]c1c([2H])c([2H])c(-c2nc(-c3cccc(-c4ccc5c(c4)-c4ccccc4C5(C)C)c3)nc(-c3ccc4c(c3)oc3cccc(-c5c([2H])c([2H])c([2H])c([2H])c5[2H])c34)n2)c([2H])c1[2H]. The fraction of sp³-hybridized carbons (Fsp3) is 0.0625. The third-order valence-corrected chi connectivity index (χ3v) is 9.92. The van der Waals surface area contributed by atoms with E-state index in [1.54, 1.807) is 36.4 Å². The lowest BCUT2D eigenvalue weighted by molar-refractivity contribution is 0.660. The van der Waals surface area contributed by atoms with Crippen LogP contribution in [0.5, 0.6) is 0 Å². The molecule has 52 heavy (non-hydrogen) atoms. The van der Waals surface area contributed by atoms with Crippen LogP contribution in [0.2, 0.25) is 0 Å². The van der Waals surface area contributed by atoms with Gasteiger partial charge in [-0.25, -0.2) is 15.0 Å². The van der Waals surface area contributed by atoms with E-state index in [1.165, 1.54) is 22.3 Å². The Morgan fingerprint density at radius 3 is 1.85 bits per heavy atom. The first-order valence-corrected chi connectivity index (χ1v) is 16.9. The quantitative estimate of drug-likeness (QED) is 0.182. The number of aromatic nitrogens is 3. The number of fused-ring (bicyclic) bond motifs is 6. The first-order valence-electron chi connectivity index (χ1n) is 21.9. The summed E-state index contributed by atoms with van der Waals surface area (Å²) in [7, 11) is 0. The van der Waals surface area contributed by atoms with E-state index in [1.807, 2.05) is 24.3 Å². The Bertz CT molecular complexity index is 3360. The van der Waals surface area contributed by atoms with Gasteiger partial charge in [-0.15, -0.1) is 0 Å². The van der Waals surface area contributed by atoms with E-state index in [0.29, 0.717) is 38.6 Å². The van der Waals surface area contributed by atoms with Crippen molar-refractivity contribution in [2.45, 2.75) is 19.3 Å². The molecule has 10 rings (SSSR count). The van der Waals surface area contributed by atoms with E-state index in [0.717, 1.165) is 11.1 Å². The Labute approximate surface area is 316 Å². The van der Waals surface area contributed by atoms with E-state index in [-0.39, 0.29) is 46.1 Å². The van der Waals surface area contributed by atoms with Gasteiger partial charge in [0.25, 0.3) is 0 Å². The van der Waals surface area contributed by atoms with Crippen LogP contribution in [-0.4, -0.2) is 15.0 Å². The molecule has 246 valence electrons. The van der Waals surface area contributed by atoms with E-state index in [2.05, 4.69) is 56.3 Å². The monoisotopic (exact) mass is 677 g/mol. The van der Waals surface area contributed by atoms with E-state index in [9.17, 15) is 0 Å². The predicted octanol–water partition coefficient (Wildman–Crippen LogP) is 12.4. The van der Waals surface area contributed by atoms with E-state index >= 15 is 0 Å². The van der Waals surface area contributed by atoms with Crippen molar-refractivity contribution in [3.63, 3.8) is 0 Å². The van der Waals surface area contributed by atoms with Gasteiger partial charge in [-0.3, -0.25) is 0 Å². The summed E-state index contributed by atoms with van der Waals surface area (Å²) in [6, 6.07) is 28.5. The largest absolute Gasteiger partial charge is 0.456 e. The molecule has 4 heteroatoms. The molecule has 0 amide bonds. The summed E-state index contributed by atoms with van der Waals surface area (Å²) in [6.45, 7) is 4.47. The number of hydrogen-bond donors (Lipinski definition) is 0. The molecule has 2 aromatic heterocycles. The van der Waals surface area contributed by atoms with Crippen molar-refractivity contribution in [2.24, 2.45) is 0 Å². The van der Waals surface area contributed by atoms with Gasteiger partial charge in [-0.05, 0) is 74.8 Å². The van der Waals surface area contributed by atoms with Crippen molar-refractivity contribution >= 4 is 21.9 Å². The highest BCUT2D eigenvalue weighted by Gasteiger charge is 2.35. The van der Waals surface area contributed by atoms with Crippen molar-refractivity contribution in [3.8, 4) is 67.5 Å². The van der Waals surface area contributed by atoms with Crippen LogP contribution in [0.4, 0.5) is 0 Å². The Morgan fingerprint density at radius 1 is 0.462 bits per heavy atom. The highest BCUT2D eigenvalue weighted by molar-refractivity contribution is 6.13. The topological polar surface area (TPSA) is 51.8 Å². The highest BCUT2D eigenvalue weighted by Crippen LogP contribution is 2.49. The van der Waals surface area contributed by atoms with Gasteiger partial charge in [0.1, 0.15) is 11.2 Å². The molecular weight excluding hydrogens is 635 g/mol. The van der Waals surface area contributed by atoms with Crippen LogP contribution in [0.3, 0.4) is 0 Å². The van der Waals surface area contributed by atoms with Gasteiger partial charge in [0.2, 0.25) is 0 Å². The zero-order valence-corrected chi connectivity index (χ0v) is 28.1. The smallest absolute Gasteiger partial charge is 0.164 e. The fourth-order valence-electron chi connectivity index (χ4n) is 7.40. The molecular formula is C48H33N3O. The van der Waals surface area contributed by atoms with Crippen molar-refractivity contribution in [3.05, 3.63) is 175 Å². The minimum atomic E-state index is -0.537. The summed E-state index contributed by atoms with van der Waals surface area (Å²) in [5, 5.41) is 1.17. The van der Waals surface area contributed by atoms with E-state index < -0.39 is 48.3 Å². The van der Waals surface area contributed by atoms with Crippen LogP contribution in [0, 0.1) is 0 Å². The Kier molecular flexibility index (Phi) is 4.85. The first kappa shape index (κ1) is 21.5. The molecule has 4 nitrogen and oxygen atoms in total. The molecule has 0 bridgehead atoms. The molecule has 7 aromatic carbocycles. The van der Waals surface area contributed by atoms with Crippen LogP contribution in [0.1, 0.15) is 38.7 Å². The predicted molar refractivity (Wildman–Crippen MR) is 212 cm³/mol. The summed E-state index contributed by atoms with van der Waals surface area (Å²) in [6.07, 6.45) is 0. The van der Waals surface area contributed by atoms with Crippen molar-refractivity contribution in [1.29, 1.82) is 0 Å². The molecule has 0 spiro atoms. The molecule has 0 fully saturated rings. The normalized spacial score (nSPS) is 15.7. The number of furan rings is 1. The van der Waals surface area contributed by atoms with Crippen molar-refractivity contribution in [1.82, 2.24) is 15.0 Å². The maximum atomic E-state index is 8.79. The first-order chi connectivity index (χ1) is 29.6. The molecule has 0 radical (unpaired) electrons. The summed E-state index contributed by atoms with van der Waals surface area (Å²) in [5.41, 5.74) is 8.80. The minimum Gasteiger partial charge on any atom is -0.456 e. The minimum absolute atomic E-state index is 0.0505. The Hall–Kier alpha value is -6.65. The van der Waals surface area contributed by atoms with Gasteiger partial charge in [-0.1, -0.05) is 147 Å². The summed E-state index contributed by atoms with van der Waals surface area (Å²) in [5.74, 6) is 0.239. The third kappa shape index (κ3) is 4.87. The van der Waals surface area contributed by atoms with Gasteiger partial charge in [-0.2, -0.15) is 0 Å².